The second-order valence-corrected chi connectivity index (χ2v) is 6.56. The van der Waals surface area contributed by atoms with Gasteiger partial charge in [0.15, 0.2) is 0 Å². The minimum Gasteiger partial charge on any atom is -0.389 e. The van der Waals surface area contributed by atoms with E-state index in [-0.39, 0.29) is 10.9 Å². The maximum absolute atomic E-state index is 12.1. The Hall–Kier alpha value is -1.24. The topological polar surface area (TPSA) is 55.1 Å². The molecule has 1 amide bonds. The summed E-state index contributed by atoms with van der Waals surface area (Å²) in [6.45, 7) is 1.96. The van der Waals surface area contributed by atoms with Crippen LogP contribution in [0.1, 0.15) is 20.1 Å². The molecule has 2 aromatic rings. The van der Waals surface area contributed by atoms with Crippen molar-refractivity contribution in [1.82, 2.24) is 0 Å². The van der Waals surface area contributed by atoms with Gasteiger partial charge in [0, 0.05) is 14.9 Å². The molecule has 1 aromatic carbocycles. The monoisotopic (exact) mass is 354 g/mol. The molecule has 1 aromatic heterocycles. The van der Waals surface area contributed by atoms with E-state index >= 15 is 0 Å². The van der Waals surface area contributed by atoms with Gasteiger partial charge < -0.3 is 11.1 Å². The van der Waals surface area contributed by atoms with Crippen LogP contribution in [0.2, 0.25) is 0 Å². The van der Waals surface area contributed by atoms with E-state index in [4.69, 9.17) is 18.0 Å². The van der Waals surface area contributed by atoms with Crippen LogP contribution in [0, 0.1) is 6.92 Å². The van der Waals surface area contributed by atoms with Gasteiger partial charge in [-0.1, -0.05) is 28.1 Å². The summed E-state index contributed by atoms with van der Waals surface area (Å²) < 4.78 is 0.852. The van der Waals surface area contributed by atoms with Crippen molar-refractivity contribution in [2.24, 2.45) is 5.73 Å². The van der Waals surface area contributed by atoms with Crippen molar-refractivity contribution in [3.63, 3.8) is 0 Å². The van der Waals surface area contributed by atoms with Crippen LogP contribution < -0.4 is 11.1 Å². The second-order valence-electron chi connectivity index (χ2n) is 3.92. The molecule has 0 saturated heterocycles. The number of hydrogen-bond donors (Lipinski definition) is 2. The Morgan fingerprint density at radius 1 is 1.37 bits per heavy atom. The maximum atomic E-state index is 12.1. The second kappa shape index (κ2) is 5.81. The Bertz CT molecular complexity index is 652. The minimum absolute atomic E-state index is 0.159. The van der Waals surface area contributed by atoms with Crippen molar-refractivity contribution in [2.75, 3.05) is 5.32 Å². The van der Waals surface area contributed by atoms with Crippen LogP contribution in [0.15, 0.2) is 34.8 Å². The molecule has 0 radical (unpaired) electrons. The number of hydrogen-bond acceptors (Lipinski definition) is 3. The van der Waals surface area contributed by atoms with Crippen molar-refractivity contribution in [3.05, 3.63) is 50.1 Å². The first kappa shape index (κ1) is 14.2. The van der Waals surface area contributed by atoms with Crippen molar-refractivity contribution >= 4 is 56.1 Å². The zero-order valence-corrected chi connectivity index (χ0v) is 13.3. The number of amides is 1. The summed E-state index contributed by atoms with van der Waals surface area (Å²) in [6.07, 6.45) is 0. The highest BCUT2D eigenvalue weighted by Crippen LogP contribution is 2.23. The molecule has 0 aliphatic carbocycles. The Kier molecular flexibility index (Phi) is 4.34. The lowest BCUT2D eigenvalue weighted by molar-refractivity contribution is 0.103. The smallest absolute Gasteiger partial charge is 0.265 e. The van der Waals surface area contributed by atoms with E-state index in [1.165, 1.54) is 11.3 Å². The van der Waals surface area contributed by atoms with Crippen LogP contribution in [0.3, 0.4) is 0 Å². The maximum Gasteiger partial charge on any atom is 0.265 e. The number of carbonyl (C=O) groups excluding carboxylic acids is 1. The van der Waals surface area contributed by atoms with E-state index in [1.54, 1.807) is 18.2 Å². The standard InChI is InChI=1S/C13H11BrN2OS2/c1-7-2-5-11(19-7)13(17)16-10-6-8(14)3-4-9(10)12(15)18/h2-6H,1H3,(H2,15,18)(H,16,17). The summed E-state index contributed by atoms with van der Waals surface area (Å²) >= 11 is 9.79. The molecule has 0 aliphatic heterocycles. The fourth-order valence-corrected chi connectivity index (χ4v) is 2.88. The average Bonchev–Trinajstić information content (AvgIpc) is 2.75. The number of thiocarbonyl (C=S) groups is 1. The summed E-state index contributed by atoms with van der Waals surface area (Å²) in [5, 5.41) is 2.84. The van der Waals surface area contributed by atoms with Gasteiger partial charge in [-0.3, -0.25) is 4.79 Å². The molecule has 0 saturated carbocycles. The molecule has 6 heteroatoms. The summed E-state index contributed by atoms with van der Waals surface area (Å²) in [7, 11) is 0. The predicted octanol–water partition coefficient (Wildman–Crippen LogP) is 3.71. The number of benzene rings is 1. The summed E-state index contributed by atoms with van der Waals surface area (Å²) in [4.78, 5) is 14.1. The van der Waals surface area contributed by atoms with Gasteiger partial charge in [-0.2, -0.15) is 0 Å². The Morgan fingerprint density at radius 3 is 2.68 bits per heavy atom. The van der Waals surface area contributed by atoms with Crippen molar-refractivity contribution < 1.29 is 4.79 Å². The SMILES string of the molecule is Cc1ccc(C(=O)Nc2cc(Br)ccc2C(N)=S)s1. The highest BCUT2D eigenvalue weighted by Gasteiger charge is 2.12. The minimum atomic E-state index is -0.159. The first-order valence-corrected chi connectivity index (χ1v) is 7.46. The molecule has 0 spiro atoms. The van der Waals surface area contributed by atoms with Crippen LogP contribution in [-0.4, -0.2) is 10.9 Å². The fourth-order valence-electron chi connectivity index (χ4n) is 1.58. The Balaban J connectivity index is 2.30. The van der Waals surface area contributed by atoms with E-state index in [2.05, 4.69) is 21.2 Å². The highest BCUT2D eigenvalue weighted by atomic mass is 79.9. The average molecular weight is 355 g/mol. The molecule has 0 bridgehead atoms. The molecular weight excluding hydrogens is 344 g/mol. The quantitative estimate of drug-likeness (QED) is 0.826. The van der Waals surface area contributed by atoms with Gasteiger partial charge in [0.25, 0.3) is 5.91 Å². The van der Waals surface area contributed by atoms with Gasteiger partial charge >= 0.3 is 0 Å². The van der Waals surface area contributed by atoms with Gasteiger partial charge in [0.2, 0.25) is 0 Å². The third-order valence-electron chi connectivity index (χ3n) is 2.46. The zero-order chi connectivity index (χ0) is 14.0. The van der Waals surface area contributed by atoms with Gasteiger partial charge in [0.1, 0.15) is 4.99 Å². The summed E-state index contributed by atoms with van der Waals surface area (Å²) in [5.74, 6) is -0.159. The number of thiophene rings is 1. The Labute approximate surface area is 129 Å². The van der Waals surface area contributed by atoms with Crippen molar-refractivity contribution in [1.29, 1.82) is 0 Å². The molecule has 1 heterocycles. The molecule has 2 rings (SSSR count). The lowest BCUT2D eigenvalue weighted by Crippen LogP contribution is -2.17. The molecule has 98 valence electrons. The van der Waals surface area contributed by atoms with Crippen LogP contribution in [0.25, 0.3) is 0 Å². The molecule has 3 nitrogen and oxygen atoms in total. The Morgan fingerprint density at radius 2 is 2.11 bits per heavy atom. The largest absolute Gasteiger partial charge is 0.389 e. The normalized spacial score (nSPS) is 10.2. The lowest BCUT2D eigenvalue weighted by atomic mass is 10.1. The van der Waals surface area contributed by atoms with Crippen LogP contribution in [0.5, 0.6) is 0 Å². The number of anilines is 1. The molecule has 0 unspecified atom stereocenters. The fraction of sp³-hybridized carbons (Fsp3) is 0.0769. The molecule has 0 atom stereocenters. The number of halogens is 1. The lowest BCUT2D eigenvalue weighted by Gasteiger charge is -2.10. The number of nitrogens with two attached hydrogens (primary N) is 1. The van der Waals surface area contributed by atoms with Gasteiger partial charge in [-0.05, 0) is 37.3 Å². The van der Waals surface area contributed by atoms with Crippen LogP contribution in [0.4, 0.5) is 5.69 Å². The predicted molar refractivity (Wildman–Crippen MR) is 87.0 cm³/mol. The number of aryl methyl sites for hydroxylation is 1. The van der Waals surface area contributed by atoms with Gasteiger partial charge in [-0.25, -0.2) is 0 Å². The molecule has 0 aliphatic rings. The molecule has 3 N–H and O–H groups in total. The molecular formula is C13H11BrN2OS2. The van der Waals surface area contributed by atoms with E-state index in [0.717, 1.165) is 9.35 Å². The highest BCUT2D eigenvalue weighted by molar-refractivity contribution is 9.10. The number of carbonyl (C=O) groups is 1. The van der Waals surface area contributed by atoms with E-state index in [1.807, 2.05) is 19.1 Å². The van der Waals surface area contributed by atoms with E-state index < -0.39 is 0 Å². The first-order chi connectivity index (χ1) is 8.97. The third kappa shape index (κ3) is 3.40. The van der Waals surface area contributed by atoms with E-state index in [0.29, 0.717) is 16.1 Å². The summed E-state index contributed by atoms with van der Waals surface area (Å²) in [6, 6.07) is 9.11. The van der Waals surface area contributed by atoms with Crippen molar-refractivity contribution in [2.45, 2.75) is 6.92 Å². The van der Waals surface area contributed by atoms with E-state index in [9.17, 15) is 4.79 Å². The van der Waals surface area contributed by atoms with Crippen molar-refractivity contribution in [3.8, 4) is 0 Å². The third-order valence-corrected chi connectivity index (χ3v) is 4.17. The van der Waals surface area contributed by atoms with Crippen LogP contribution >= 0.6 is 39.5 Å². The molecule has 19 heavy (non-hydrogen) atoms. The first-order valence-electron chi connectivity index (χ1n) is 5.44. The van der Waals surface area contributed by atoms with Gasteiger partial charge in [-0.15, -0.1) is 11.3 Å². The summed E-state index contributed by atoms with van der Waals surface area (Å²) in [5.41, 5.74) is 6.91. The van der Waals surface area contributed by atoms with Gasteiger partial charge in [0.05, 0.1) is 10.6 Å². The number of nitrogens with one attached hydrogen (secondary N) is 1. The van der Waals surface area contributed by atoms with Crippen LogP contribution in [-0.2, 0) is 0 Å². The number of rotatable bonds is 3. The zero-order valence-electron chi connectivity index (χ0n) is 10.1. The molecule has 0 fully saturated rings.